The first-order valence-corrected chi connectivity index (χ1v) is 6.77. The number of nitrogens with one attached hydrogen (secondary N) is 2. The van der Waals surface area contributed by atoms with Crippen molar-refractivity contribution < 1.29 is 4.79 Å². The average molecular weight is 288 g/mol. The van der Waals surface area contributed by atoms with E-state index in [1.54, 1.807) is 18.5 Å². The van der Waals surface area contributed by atoms with Crippen molar-refractivity contribution in [1.29, 1.82) is 0 Å². The van der Waals surface area contributed by atoms with Gasteiger partial charge in [-0.2, -0.15) is 5.10 Å². The van der Waals surface area contributed by atoms with Crippen molar-refractivity contribution in [2.24, 2.45) is 0 Å². The molecule has 112 valence electrons. The molecule has 4 N–H and O–H groups in total. The van der Waals surface area contributed by atoms with Gasteiger partial charge in [-0.3, -0.25) is 9.78 Å². The lowest BCUT2D eigenvalue weighted by Crippen LogP contribution is -2.32. The summed E-state index contributed by atoms with van der Waals surface area (Å²) in [7, 11) is 0. The number of aryl methyl sites for hydroxylation is 2. The molecule has 2 aromatic rings. The smallest absolute Gasteiger partial charge is 0.241 e. The van der Waals surface area contributed by atoms with E-state index in [9.17, 15) is 4.79 Å². The highest BCUT2D eigenvalue weighted by Crippen LogP contribution is 2.10. The number of hydrogen-bond acceptors (Lipinski definition) is 5. The Kier molecular flexibility index (Phi) is 4.76. The van der Waals surface area contributed by atoms with Gasteiger partial charge in [0.05, 0.1) is 5.69 Å². The predicted molar refractivity (Wildman–Crippen MR) is 81.8 cm³/mol. The minimum absolute atomic E-state index is 0.113. The summed E-state index contributed by atoms with van der Waals surface area (Å²) in [5, 5.41) is 10.2. The molecule has 7 heteroatoms. The predicted octanol–water partition coefficient (Wildman–Crippen LogP) is 0.705. The van der Waals surface area contributed by atoms with Crippen molar-refractivity contribution in [3.05, 3.63) is 35.8 Å². The molecule has 0 bridgehead atoms. The van der Waals surface area contributed by atoms with Crippen LogP contribution in [-0.4, -0.2) is 33.8 Å². The first kappa shape index (κ1) is 14.8. The number of nitrogens with two attached hydrogens (primary N) is 1. The molecular formula is C14H20N6O. The van der Waals surface area contributed by atoms with Gasteiger partial charge >= 0.3 is 0 Å². The van der Waals surface area contributed by atoms with Crippen molar-refractivity contribution in [3.8, 4) is 0 Å². The van der Waals surface area contributed by atoms with Crippen LogP contribution in [0.15, 0.2) is 24.5 Å². The van der Waals surface area contributed by atoms with Crippen LogP contribution in [0, 0.1) is 13.8 Å². The Morgan fingerprint density at radius 3 is 2.86 bits per heavy atom. The summed E-state index contributed by atoms with van der Waals surface area (Å²) in [6.07, 6.45) is 3.53. The molecular weight excluding hydrogens is 268 g/mol. The number of rotatable bonds is 6. The number of amides is 1. The summed E-state index contributed by atoms with van der Waals surface area (Å²) in [5.41, 5.74) is 8.63. The van der Waals surface area contributed by atoms with E-state index in [2.05, 4.69) is 20.7 Å². The van der Waals surface area contributed by atoms with Gasteiger partial charge in [0.2, 0.25) is 5.91 Å². The van der Waals surface area contributed by atoms with Crippen LogP contribution in [0.3, 0.4) is 0 Å². The standard InChI is InChI=1S/C14H20N6O/c1-10-8-16-4-3-12(10)17-5-6-18-14(21)9-20-13(15)7-11(2)19-20/h3-4,7-8H,5-6,9,15H2,1-2H3,(H,16,17)(H,18,21). The number of aromatic nitrogens is 3. The lowest BCUT2D eigenvalue weighted by Gasteiger charge is -2.10. The molecule has 0 aliphatic heterocycles. The molecule has 2 heterocycles. The van der Waals surface area contributed by atoms with E-state index in [4.69, 9.17) is 5.73 Å². The van der Waals surface area contributed by atoms with Gasteiger partial charge in [0, 0.05) is 37.2 Å². The molecule has 0 fully saturated rings. The maximum absolute atomic E-state index is 11.8. The van der Waals surface area contributed by atoms with Gasteiger partial charge in [0.25, 0.3) is 0 Å². The molecule has 1 amide bonds. The lowest BCUT2D eigenvalue weighted by molar-refractivity contribution is -0.121. The van der Waals surface area contributed by atoms with Crippen LogP contribution < -0.4 is 16.4 Å². The van der Waals surface area contributed by atoms with E-state index in [-0.39, 0.29) is 12.5 Å². The molecule has 0 radical (unpaired) electrons. The van der Waals surface area contributed by atoms with Crippen LogP contribution in [0.25, 0.3) is 0 Å². The SMILES string of the molecule is Cc1cc(N)n(CC(=O)NCCNc2ccncc2C)n1. The number of hydrogen-bond donors (Lipinski definition) is 3. The quantitative estimate of drug-likeness (QED) is 0.680. The Labute approximate surface area is 123 Å². The highest BCUT2D eigenvalue weighted by atomic mass is 16.2. The second-order valence-corrected chi connectivity index (χ2v) is 4.84. The topological polar surface area (TPSA) is 97.9 Å². The number of nitrogen functional groups attached to an aromatic ring is 1. The average Bonchev–Trinajstić information content (AvgIpc) is 2.75. The van der Waals surface area contributed by atoms with Crippen molar-refractivity contribution in [2.45, 2.75) is 20.4 Å². The van der Waals surface area contributed by atoms with E-state index < -0.39 is 0 Å². The summed E-state index contributed by atoms with van der Waals surface area (Å²) < 4.78 is 1.49. The Morgan fingerprint density at radius 2 is 2.19 bits per heavy atom. The van der Waals surface area contributed by atoms with Crippen LogP contribution in [0.5, 0.6) is 0 Å². The Morgan fingerprint density at radius 1 is 1.38 bits per heavy atom. The number of carbonyl (C=O) groups is 1. The van der Waals surface area contributed by atoms with Crippen molar-refractivity contribution in [1.82, 2.24) is 20.1 Å². The third kappa shape index (κ3) is 4.20. The highest BCUT2D eigenvalue weighted by molar-refractivity contribution is 5.76. The maximum atomic E-state index is 11.8. The molecule has 2 aromatic heterocycles. The van der Waals surface area contributed by atoms with E-state index in [0.29, 0.717) is 18.9 Å². The van der Waals surface area contributed by atoms with Gasteiger partial charge in [-0.25, -0.2) is 4.68 Å². The molecule has 0 saturated heterocycles. The molecule has 21 heavy (non-hydrogen) atoms. The molecule has 7 nitrogen and oxygen atoms in total. The molecule has 0 spiro atoms. The third-order valence-electron chi connectivity index (χ3n) is 3.01. The van der Waals surface area contributed by atoms with Crippen LogP contribution in [0.2, 0.25) is 0 Å². The van der Waals surface area contributed by atoms with Gasteiger partial charge in [-0.05, 0) is 25.5 Å². The summed E-state index contributed by atoms with van der Waals surface area (Å²) in [6, 6.07) is 3.64. The van der Waals surface area contributed by atoms with Crippen molar-refractivity contribution in [3.63, 3.8) is 0 Å². The lowest BCUT2D eigenvalue weighted by atomic mass is 10.2. The zero-order valence-corrected chi connectivity index (χ0v) is 12.3. The summed E-state index contributed by atoms with van der Waals surface area (Å²) in [4.78, 5) is 15.8. The second-order valence-electron chi connectivity index (χ2n) is 4.84. The number of carbonyl (C=O) groups excluding carboxylic acids is 1. The van der Waals surface area contributed by atoms with Crippen LogP contribution in [0.4, 0.5) is 11.5 Å². The summed E-state index contributed by atoms with van der Waals surface area (Å²) in [6.45, 7) is 5.13. The van der Waals surface area contributed by atoms with E-state index in [0.717, 1.165) is 16.9 Å². The van der Waals surface area contributed by atoms with Crippen LogP contribution in [0.1, 0.15) is 11.3 Å². The first-order chi connectivity index (χ1) is 10.1. The zero-order valence-electron chi connectivity index (χ0n) is 12.3. The first-order valence-electron chi connectivity index (χ1n) is 6.77. The maximum Gasteiger partial charge on any atom is 0.241 e. The van der Waals surface area contributed by atoms with Gasteiger partial charge in [-0.15, -0.1) is 0 Å². The van der Waals surface area contributed by atoms with Crippen LogP contribution >= 0.6 is 0 Å². The van der Waals surface area contributed by atoms with Crippen LogP contribution in [-0.2, 0) is 11.3 Å². The Balaban J connectivity index is 1.72. The largest absolute Gasteiger partial charge is 0.384 e. The van der Waals surface area contributed by atoms with Gasteiger partial charge in [0.1, 0.15) is 12.4 Å². The Hall–Kier alpha value is -2.57. The fourth-order valence-corrected chi connectivity index (χ4v) is 1.95. The van der Waals surface area contributed by atoms with Gasteiger partial charge in [-0.1, -0.05) is 0 Å². The molecule has 0 saturated carbocycles. The fourth-order valence-electron chi connectivity index (χ4n) is 1.95. The number of pyridine rings is 1. The normalized spacial score (nSPS) is 10.4. The Bertz CT molecular complexity index is 622. The molecule has 0 unspecified atom stereocenters. The zero-order chi connectivity index (χ0) is 15.2. The molecule has 0 aliphatic rings. The minimum atomic E-state index is -0.113. The third-order valence-corrected chi connectivity index (χ3v) is 3.01. The van der Waals surface area contributed by atoms with E-state index >= 15 is 0 Å². The minimum Gasteiger partial charge on any atom is -0.384 e. The van der Waals surface area contributed by atoms with E-state index in [1.165, 1.54) is 4.68 Å². The number of anilines is 2. The molecule has 2 rings (SSSR count). The second kappa shape index (κ2) is 6.74. The van der Waals surface area contributed by atoms with E-state index in [1.807, 2.05) is 19.9 Å². The summed E-state index contributed by atoms with van der Waals surface area (Å²) >= 11 is 0. The molecule has 0 aromatic carbocycles. The van der Waals surface area contributed by atoms with Crippen molar-refractivity contribution in [2.75, 3.05) is 24.1 Å². The fraction of sp³-hybridized carbons (Fsp3) is 0.357. The number of nitrogens with zero attached hydrogens (tertiary/aromatic N) is 3. The van der Waals surface area contributed by atoms with Gasteiger partial charge in [0.15, 0.2) is 0 Å². The molecule has 0 aliphatic carbocycles. The highest BCUT2D eigenvalue weighted by Gasteiger charge is 2.07. The van der Waals surface area contributed by atoms with Crippen molar-refractivity contribution >= 4 is 17.4 Å². The summed E-state index contributed by atoms with van der Waals surface area (Å²) in [5.74, 6) is 0.381. The van der Waals surface area contributed by atoms with Gasteiger partial charge < -0.3 is 16.4 Å². The monoisotopic (exact) mass is 288 g/mol. The molecule has 0 atom stereocenters.